The molecule has 6 heteroatoms. The predicted octanol–water partition coefficient (Wildman–Crippen LogP) is 2.67. The second-order valence-electron chi connectivity index (χ2n) is 3.61. The van der Waals surface area contributed by atoms with Crippen LogP contribution in [-0.2, 0) is 9.53 Å². The highest BCUT2D eigenvalue weighted by Crippen LogP contribution is 2.19. The first-order valence-electron chi connectivity index (χ1n) is 5.37. The lowest BCUT2D eigenvalue weighted by Crippen LogP contribution is -2.39. The molecule has 1 amide bonds. The second-order valence-corrected chi connectivity index (χ2v) is 4.48. The molecule has 0 heterocycles. The summed E-state index contributed by atoms with van der Waals surface area (Å²) in [6, 6.07) is 3.74. The van der Waals surface area contributed by atoms with Gasteiger partial charge in [0, 0.05) is 15.6 Å². The maximum absolute atomic E-state index is 11.8. The molecule has 0 saturated heterocycles. The Morgan fingerprint density at radius 2 is 1.83 bits per heavy atom. The van der Waals surface area contributed by atoms with Gasteiger partial charge < -0.3 is 10.1 Å². The van der Waals surface area contributed by atoms with E-state index >= 15 is 0 Å². The van der Waals surface area contributed by atoms with Gasteiger partial charge in [-0.25, -0.2) is 4.79 Å². The molecule has 98 valence electrons. The van der Waals surface area contributed by atoms with Gasteiger partial charge in [0.05, 0.1) is 6.61 Å². The summed E-state index contributed by atoms with van der Waals surface area (Å²) >= 11 is 11.6. The van der Waals surface area contributed by atoms with Crippen molar-refractivity contribution in [3.8, 4) is 0 Å². The zero-order chi connectivity index (χ0) is 13.7. The van der Waals surface area contributed by atoms with Gasteiger partial charge in [-0.1, -0.05) is 23.2 Å². The topological polar surface area (TPSA) is 55.4 Å². The number of hydrogen-bond donors (Lipinski definition) is 1. The van der Waals surface area contributed by atoms with Gasteiger partial charge in [-0.15, -0.1) is 0 Å². The molecular weight excluding hydrogens is 277 g/mol. The van der Waals surface area contributed by atoms with E-state index in [1.807, 2.05) is 0 Å². The van der Waals surface area contributed by atoms with Crippen molar-refractivity contribution in [2.45, 2.75) is 19.9 Å². The minimum absolute atomic E-state index is 0.266. The Hall–Kier alpha value is -1.26. The molecule has 0 aromatic heterocycles. The first kappa shape index (κ1) is 14.8. The van der Waals surface area contributed by atoms with Gasteiger partial charge in [-0.2, -0.15) is 0 Å². The average Bonchev–Trinajstić information content (AvgIpc) is 2.27. The first-order chi connectivity index (χ1) is 8.43. The maximum atomic E-state index is 11.8. The van der Waals surface area contributed by atoms with Crippen LogP contribution in [0.4, 0.5) is 0 Å². The van der Waals surface area contributed by atoms with E-state index in [0.29, 0.717) is 15.6 Å². The number of rotatable bonds is 4. The van der Waals surface area contributed by atoms with Crippen LogP contribution in [-0.4, -0.2) is 24.5 Å². The largest absolute Gasteiger partial charge is 0.464 e. The van der Waals surface area contributed by atoms with E-state index in [9.17, 15) is 9.59 Å². The van der Waals surface area contributed by atoms with E-state index in [2.05, 4.69) is 5.32 Å². The third kappa shape index (κ3) is 4.20. The number of nitrogens with one attached hydrogen (secondary N) is 1. The molecule has 0 radical (unpaired) electrons. The summed E-state index contributed by atoms with van der Waals surface area (Å²) in [7, 11) is 0. The fourth-order valence-corrected chi connectivity index (χ4v) is 1.82. The molecule has 1 rings (SSSR count). The molecule has 1 atom stereocenters. The molecular formula is C12H13Cl2NO3. The zero-order valence-electron chi connectivity index (χ0n) is 10.00. The second kappa shape index (κ2) is 6.61. The Balaban J connectivity index is 2.73. The smallest absolute Gasteiger partial charge is 0.328 e. The highest BCUT2D eigenvalue weighted by atomic mass is 35.5. The summed E-state index contributed by atoms with van der Waals surface area (Å²) in [5.74, 6) is -0.918. The molecule has 0 spiro atoms. The SMILES string of the molecule is CCOC(=O)C(C)NC(=O)c1cc(Cl)cc(Cl)c1. The Morgan fingerprint density at radius 3 is 2.33 bits per heavy atom. The number of benzene rings is 1. The normalized spacial score (nSPS) is 11.8. The van der Waals surface area contributed by atoms with Crippen molar-refractivity contribution < 1.29 is 14.3 Å². The number of halogens is 2. The van der Waals surface area contributed by atoms with Crippen LogP contribution in [0, 0.1) is 0 Å². The molecule has 1 aromatic rings. The minimum atomic E-state index is -0.727. The Bertz CT molecular complexity index is 442. The lowest BCUT2D eigenvalue weighted by Gasteiger charge is -2.12. The van der Waals surface area contributed by atoms with Gasteiger partial charge in [-0.05, 0) is 32.0 Å². The molecule has 0 aliphatic carbocycles. The third-order valence-corrected chi connectivity index (χ3v) is 2.55. The van der Waals surface area contributed by atoms with Crippen molar-refractivity contribution in [1.82, 2.24) is 5.32 Å². The Kier molecular flexibility index (Phi) is 5.44. The fourth-order valence-electron chi connectivity index (χ4n) is 1.29. The van der Waals surface area contributed by atoms with E-state index in [1.165, 1.54) is 18.2 Å². The molecule has 0 fully saturated rings. The van der Waals surface area contributed by atoms with Gasteiger partial charge in [-0.3, -0.25) is 4.79 Å². The summed E-state index contributed by atoms with van der Waals surface area (Å²) in [5, 5.41) is 3.22. The Labute approximate surface area is 115 Å². The predicted molar refractivity (Wildman–Crippen MR) is 70.0 cm³/mol. The third-order valence-electron chi connectivity index (χ3n) is 2.11. The summed E-state index contributed by atoms with van der Waals surface area (Å²) in [4.78, 5) is 23.2. The molecule has 0 aliphatic heterocycles. The van der Waals surface area contributed by atoms with Crippen LogP contribution in [0.3, 0.4) is 0 Å². The van der Waals surface area contributed by atoms with Crippen molar-refractivity contribution in [3.05, 3.63) is 33.8 Å². The van der Waals surface area contributed by atoms with Gasteiger partial charge in [0.1, 0.15) is 6.04 Å². The van der Waals surface area contributed by atoms with Crippen molar-refractivity contribution >= 4 is 35.1 Å². The number of amides is 1. The highest BCUT2D eigenvalue weighted by molar-refractivity contribution is 6.35. The zero-order valence-corrected chi connectivity index (χ0v) is 11.5. The van der Waals surface area contributed by atoms with Gasteiger partial charge >= 0.3 is 5.97 Å². The van der Waals surface area contributed by atoms with Gasteiger partial charge in [0.25, 0.3) is 5.91 Å². The van der Waals surface area contributed by atoms with Crippen LogP contribution in [0.1, 0.15) is 24.2 Å². The van der Waals surface area contributed by atoms with Crippen LogP contribution in [0.15, 0.2) is 18.2 Å². The van der Waals surface area contributed by atoms with Crippen LogP contribution >= 0.6 is 23.2 Å². The molecule has 0 bridgehead atoms. The maximum Gasteiger partial charge on any atom is 0.328 e. The van der Waals surface area contributed by atoms with E-state index in [1.54, 1.807) is 13.8 Å². The van der Waals surface area contributed by atoms with Crippen LogP contribution < -0.4 is 5.32 Å². The first-order valence-corrected chi connectivity index (χ1v) is 6.13. The highest BCUT2D eigenvalue weighted by Gasteiger charge is 2.17. The standard InChI is InChI=1S/C12H13Cl2NO3/c1-3-18-12(17)7(2)15-11(16)8-4-9(13)6-10(14)5-8/h4-7H,3H2,1-2H3,(H,15,16). The number of carbonyl (C=O) groups is 2. The lowest BCUT2D eigenvalue weighted by atomic mass is 10.2. The van der Waals surface area contributed by atoms with Crippen LogP contribution in [0.5, 0.6) is 0 Å². The summed E-state index contributed by atoms with van der Waals surface area (Å²) in [6.07, 6.45) is 0. The summed E-state index contributed by atoms with van der Waals surface area (Å²) in [5.41, 5.74) is 0.295. The van der Waals surface area contributed by atoms with E-state index in [-0.39, 0.29) is 6.61 Å². The number of carbonyl (C=O) groups excluding carboxylic acids is 2. The van der Waals surface area contributed by atoms with Crippen LogP contribution in [0.25, 0.3) is 0 Å². The van der Waals surface area contributed by atoms with Gasteiger partial charge in [0.15, 0.2) is 0 Å². The van der Waals surface area contributed by atoms with Crippen molar-refractivity contribution in [1.29, 1.82) is 0 Å². The molecule has 0 saturated carbocycles. The summed E-state index contributed by atoms with van der Waals surface area (Å²) < 4.78 is 4.78. The van der Waals surface area contributed by atoms with Gasteiger partial charge in [0.2, 0.25) is 0 Å². The van der Waals surface area contributed by atoms with Crippen molar-refractivity contribution in [2.24, 2.45) is 0 Å². The quantitative estimate of drug-likeness (QED) is 0.867. The van der Waals surface area contributed by atoms with Crippen molar-refractivity contribution in [3.63, 3.8) is 0 Å². The lowest BCUT2D eigenvalue weighted by molar-refractivity contribution is -0.144. The number of esters is 1. The molecule has 1 unspecified atom stereocenters. The van der Waals surface area contributed by atoms with E-state index < -0.39 is 17.9 Å². The fraction of sp³-hybridized carbons (Fsp3) is 0.333. The molecule has 0 aliphatic rings. The summed E-state index contributed by atoms with van der Waals surface area (Å²) in [6.45, 7) is 3.51. The van der Waals surface area contributed by atoms with E-state index in [0.717, 1.165) is 0 Å². The van der Waals surface area contributed by atoms with E-state index in [4.69, 9.17) is 27.9 Å². The molecule has 18 heavy (non-hydrogen) atoms. The minimum Gasteiger partial charge on any atom is -0.464 e. The molecule has 1 aromatic carbocycles. The average molecular weight is 290 g/mol. The number of hydrogen-bond acceptors (Lipinski definition) is 3. The van der Waals surface area contributed by atoms with Crippen LogP contribution in [0.2, 0.25) is 10.0 Å². The number of ether oxygens (including phenoxy) is 1. The molecule has 1 N–H and O–H groups in total. The van der Waals surface area contributed by atoms with Crippen molar-refractivity contribution in [2.75, 3.05) is 6.61 Å². The monoisotopic (exact) mass is 289 g/mol. The molecule has 4 nitrogen and oxygen atoms in total. The Morgan fingerprint density at radius 1 is 1.28 bits per heavy atom.